The van der Waals surface area contributed by atoms with Crippen molar-refractivity contribution in [1.29, 1.82) is 0 Å². The van der Waals surface area contributed by atoms with Gasteiger partial charge in [0.15, 0.2) is 6.29 Å². The fourth-order valence-corrected chi connectivity index (χ4v) is 7.33. The van der Waals surface area contributed by atoms with Gasteiger partial charge in [-0.05, 0) is 38.0 Å². The molecule has 2 aromatic rings. The second kappa shape index (κ2) is 13.5. The number of hydrogen-bond acceptors (Lipinski definition) is 9. The van der Waals surface area contributed by atoms with Crippen LogP contribution in [-0.2, 0) is 33.9 Å². The van der Waals surface area contributed by atoms with Crippen molar-refractivity contribution >= 4 is 39.3 Å². The lowest BCUT2D eigenvalue weighted by Crippen LogP contribution is -2.62. The molecule has 3 amide bonds. The van der Waals surface area contributed by atoms with E-state index in [0.29, 0.717) is 17.9 Å². The van der Waals surface area contributed by atoms with Crippen molar-refractivity contribution in [2.45, 2.75) is 42.7 Å². The summed E-state index contributed by atoms with van der Waals surface area (Å²) in [4.78, 5) is 44.6. The third kappa shape index (κ3) is 7.14. The van der Waals surface area contributed by atoms with E-state index in [4.69, 9.17) is 14.3 Å². The van der Waals surface area contributed by atoms with Gasteiger partial charge < -0.3 is 19.7 Å². The summed E-state index contributed by atoms with van der Waals surface area (Å²) in [7, 11) is -4.23. The number of halogens is 1. The molecule has 0 bridgehead atoms. The molecule has 2 aliphatic rings. The van der Waals surface area contributed by atoms with Crippen LogP contribution in [0.3, 0.4) is 0 Å². The Bertz CT molecular complexity index is 1320. The van der Waals surface area contributed by atoms with Crippen molar-refractivity contribution in [2.24, 2.45) is 0 Å². The van der Waals surface area contributed by atoms with Gasteiger partial charge in [-0.3, -0.25) is 9.59 Å². The molecule has 0 radical (unpaired) electrons. The van der Waals surface area contributed by atoms with Crippen molar-refractivity contribution in [1.82, 2.24) is 20.0 Å². The van der Waals surface area contributed by atoms with Gasteiger partial charge in [0.1, 0.15) is 22.6 Å². The largest absolute Gasteiger partial charge is 0.465 e. The molecule has 2 N–H and O–H groups in total. The summed E-state index contributed by atoms with van der Waals surface area (Å²) in [6.07, 6.45) is 1.61. The minimum atomic E-state index is -4.23. The molecule has 2 aliphatic heterocycles. The number of benzene rings is 1. The van der Waals surface area contributed by atoms with Crippen LogP contribution in [0.15, 0.2) is 40.6 Å². The third-order valence-electron chi connectivity index (χ3n) is 6.32. The van der Waals surface area contributed by atoms with E-state index in [2.05, 4.69) is 10.8 Å². The number of urea groups is 1. The first kappa shape index (κ1) is 29.9. The van der Waals surface area contributed by atoms with Crippen LogP contribution in [-0.4, -0.2) is 87.3 Å². The molecule has 40 heavy (non-hydrogen) atoms. The molecule has 0 spiro atoms. The van der Waals surface area contributed by atoms with Gasteiger partial charge in [-0.2, -0.15) is 4.31 Å². The number of amides is 3. The Morgan fingerprint density at radius 3 is 2.67 bits per heavy atom. The smallest absolute Gasteiger partial charge is 0.325 e. The highest BCUT2D eigenvalue weighted by atomic mass is 32.2. The van der Waals surface area contributed by atoms with E-state index >= 15 is 0 Å². The molecule has 12 nitrogen and oxygen atoms in total. The summed E-state index contributed by atoms with van der Waals surface area (Å²) >= 11 is 0.877. The number of hydroxylamine groups is 1. The zero-order valence-corrected chi connectivity index (χ0v) is 23.5. The lowest BCUT2D eigenvalue weighted by Gasteiger charge is -2.39. The lowest BCUT2D eigenvalue weighted by molar-refractivity contribution is -0.202. The molecule has 2 atom stereocenters. The number of thiophene rings is 1. The predicted molar refractivity (Wildman–Crippen MR) is 142 cm³/mol. The number of hydrogen-bond donors (Lipinski definition) is 2. The first-order chi connectivity index (χ1) is 19.2. The summed E-state index contributed by atoms with van der Waals surface area (Å²) in [6, 6.07) is 6.88. The molecule has 4 rings (SSSR count). The molecular formula is C25H31FN4O8S2. The Morgan fingerprint density at radius 1 is 1.15 bits per heavy atom. The molecule has 2 saturated heterocycles. The zero-order valence-electron chi connectivity index (χ0n) is 21.8. The maximum absolute atomic E-state index is 14.3. The van der Waals surface area contributed by atoms with E-state index in [1.54, 1.807) is 19.1 Å². The van der Waals surface area contributed by atoms with E-state index in [9.17, 15) is 27.2 Å². The van der Waals surface area contributed by atoms with Crippen molar-refractivity contribution in [3.63, 3.8) is 0 Å². The zero-order chi connectivity index (χ0) is 28.7. The summed E-state index contributed by atoms with van der Waals surface area (Å²) < 4.78 is 52.9. The summed E-state index contributed by atoms with van der Waals surface area (Å²) in [5.41, 5.74) is 2.55. The number of nitrogens with zero attached hydrogens (tertiary/aromatic N) is 2. The second-order valence-electron chi connectivity index (χ2n) is 9.02. The molecule has 0 saturated carbocycles. The van der Waals surface area contributed by atoms with Crippen LogP contribution in [0.25, 0.3) is 10.4 Å². The van der Waals surface area contributed by atoms with Gasteiger partial charge in [0.25, 0.3) is 15.9 Å². The third-order valence-corrected chi connectivity index (χ3v) is 9.82. The normalized spacial score (nSPS) is 20.1. The number of sulfonamides is 1. The number of esters is 1. The highest BCUT2D eigenvalue weighted by Gasteiger charge is 2.42. The van der Waals surface area contributed by atoms with E-state index in [1.165, 1.54) is 29.2 Å². The average Bonchev–Trinajstić information content (AvgIpc) is 3.46. The fraction of sp³-hybridized carbons (Fsp3) is 0.480. The molecule has 0 aliphatic carbocycles. The lowest BCUT2D eigenvalue weighted by atomic mass is 10.2. The minimum absolute atomic E-state index is 0.0458. The molecule has 3 heterocycles. The van der Waals surface area contributed by atoms with Crippen LogP contribution in [0, 0.1) is 5.82 Å². The SMILES string of the molecule is CCOC(=O)CNC(=O)N1CCN(S(=O)(=O)c2ccc(-c3ccccc3F)s2)[C@@H](C(=O)NOC2CCCCO2)C1. The molecule has 1 aromatic heterocycles. The van der Waals surface area contributed by atoms with Crippen molar-refractivity contribution in [2.75, 3.05) is 39.4 Å². The quantitative estimate of drug-likeness (QED) is 0.330. The van der Waals surface area contributed by atoms with Crippen molar-refractivity contribution in [3.05, 3.63) is 42.2 Å². The number of carbonyl (C=O) groups excluding carboxylic acids is 3. The Hall–Kier alpha value is -3.11. The van der Waals surface area contributed by atoms with E-state index in [1.807, 2.05) is 0 Å². The number of nitrogens with one attached hydrogen (secondary N) is 2. The van der Waals surface area contributed by atoms with Crippen molar-refractivity contribution in [3.8, 4) is 10.4 Å². The van der Waals surface area contributed by atoms with Crippen LogP contribution in [0.5, 0.6) is 0 Å². The number of piperazine rings is 1. The maximum atomic E-state index is 14.3. The van der Waals surface area contributed by atoms with Crippen LogP contribution in [0.1, 0.15) is 26.2 Å². The molecule has 2 fully saturated rings. The van der Waals surface area contributed by atoms with E-state index in [-0.39, 0.29) is 42.6 Å². The van der Waals surface area contributed by atoms with Gasteiger partial charge in [-0.25, -0.2) is 27.9 Å². The molecule has 15 heteroatoms. The van der Waals surface area contributed by atoms with Gasteiger partial charge in [-0.1, -0.05) is 18.2 Å². The molecule has 1 aromatic carbocycles. The van der Waals surface area contributed by atoms with Gasteiger partial charge in [0, 0.05) is 43.1 Å². The number of carbonyl (C=O) groups is 3. The minimum Gasteiger partial charge on any atom is -0.465 e. The van der Waals surface area contributed by atoms with Crippen LogP contribution in [0.4, 0.5) is 9.18 Å². The molecular weight excluding hydrogens is 567 g/mol. The first-order valence-electron chi connectivity index (χ1n) is 12.8. The Balaban J connectivity index is 1.53. The fourth-order valence-electron chi connectivity index (χ4n) is 4.30. The summed E-state index contributed by atoms with van der Waals surface area (Å²) in [6.45, 7) is 1.32. The predicted octanol–water partition coefficient (Wildman–Crippen LogP) is 2.08. The van der Waals surface area contributed by atoms with Gasteiger partial charge in [0.05, 0.1) is 6.61 Å². The van der Waals surface area contributed by atoms with Crippen LogP contribution >= 0.6 is 11.3 Å². The monoisotopic (exact) mass is 598 g/mol. The van der Waals surface area contributed by atoms with Crippen molar-refractivity contribution < 1.29 is 41.5 Å². The standard InChI is InChI=1S/C25H31FN4O8S2/c1-2-36-21(31)15-27-25(33)29-12-13-30(19(16-29)24(32)28-38-22-9-5-6-14-37-22)40(34,35)23-11-10-20(39-23)17-7-3-4-8-18(17)26/h3-4,7-8,10-11,19,22H,2,5-6,9,12-16H2,1H3,(H,27,33)(H,28,32)/t19-,22?/m1/s1. The van der Waals surface area contributed by atoms with E-state index in [0.717, 1.165) is 28.5 Å². The topological polar surface area (TPSA) is 144 Å². The van der Waals surface area contributed by atoms with Crippen LogP contribution in [0.2, 0.25) is 0 Å². The maximum Gasteiger partial charge on any atom is 0.325 e. The Kier molecular flexibility index (Phi) is 10.1. The van der Waals surface area contributed by atoms with E-state index < -0.39 is 46.1 Å². The van der Waals surface area contributed by atoms with Gasteiger partial charge in [-0.15, -0.1) is 11.3 Å². The Morgan fingerprint density at radius 2 is 1.95 bits per heavy atom. The first-order valence-corrected chi connectivity index (χ1v) is 15.1. The molecule has 218 valence electrons. The van der Waals surface area contributed by atoms with Gasteiger partial charge >= 0.3 is 12.0 Å². The number of rotatable bonds is 9. The summed E-state index contributed by atoms with van der Waals surface area (Å²) in [5, 5.41) is 2.42. The highest BCUT2D eigenvalue weighted by molar-refractivity contribution is 7.91. The Labute approximate surface area is 235 Å². The molecule has 1 unspecified atom stereocenters. The van der Waals surface area contributed by atoms with Crippen LogP contribution < -0.4 is 10.8 Å². The summed E-state index contributed by atoms with van der Waals surface area (Å²) in [5.74, 6) is -1.91. The average molecular weight is 599 g/mol. The highest BCUT2D eigenvalue weighted by Crippen LogP contribution is 2.34. The van der Waals surface area contributed by atoms with Gasteiger partial charge in [0.2, 0.25) is 0 Å². The number of ether oxygens (including phenoxy) is 2. The second-order valence-corrected chi connectivity index (χ2v) is 12.2.